The molecule has 0 bridgehead atoms. The molecule has 1 heterocycles. The highest BCUT2D eigenvalue weighted by atomic mass is 16.7. The molecule has 7 N–H and O–H groups in total. The topological polar surface area (TPSA) is 153 Å². The third-order valence-electron chi connectivity index (χ3n) is 2.29. The van der Waals surface area contributed by atoms with Gasteiger partial charge in [0.25, 0.3) is 11.7 Å². The molecule has 1 rings (SSSR count). The maximum absolute atomic E-state index is 11.1. The molecule has 1 aliphatic rings. The van der Waals surface area contributed by atoms with Crippen molar-refractivity contribution in [2.24, 2.45) is 5.73 Å². The Balaban J connectivity index is 2.98. The van der Waals surface area contributed by atoms with Crippen LogP contribution in [0, 0.1) is 0 Å². The molecule has 1 unspecified atom stereocenters. The Morgan fingerprint density at radius 3 is 2.53 bits per heavy atom. The molecule has 1 saturated heterocycles. The lowest BCUT2D eigenvalue weighted by molar-refractivity contribution is -0.330. The number of rotatable bonds is 2. The van der Waals surface area contributed by atoms with Crippen LogP contribution >= 0.6 is 0 Å². The monoisotopic (exact) mass is 224 g/mol. The number of ether oxygens (including phenoxy) is 1. The standard InChI is InChI=1S/C7H13NO7/c8-6(13)7(14)5(12)4(11)3(10)2(1-9)15-7/h2-5,9-12,14H,1H2,(H2,8,13)/t2-,3-,4+,5+,7?/m1/s1/i/hD. The summed E-state index contributed by atoms with van der Waals surface area (Å²) in [5, 5.41) is 46.4. The Labute approximate surface area is 86.0 Å². The molecular weight excluding hydrogens is 210 g/mol. The molecule has 8 nitrogen and oxygen atoms in total. The summed E-state index contributed by atoms with van der Waals surface area (Å²) >= 11 is 0. The van der Waals surface area contributed by atoms with Crippen LogP contribution in [-0.4, -0.2) is 68.2 Å². The number of hydrogen-bond acceptors (Lipinski definition) is 7. The molecule has 0 aromatic carbocycles. The van der Waals surface area contributed by atoms with E-state index in [0.29, 0.717) is 0 Å². The third kappa shape index (κ3) is 1.83. The fourth-order valence-corrected chi connectivity index (χ4v) is 1.34. The summed E-state index contributed by atoms with van der Waals surface area (Å²) < 4.78 is 11.1. The van der Waals surface area contributed by atoms with Crippen molar-refractivity contribution < 1.29 is 36.5 Å². The summed E-state index contributed by atoms with van der Waals surface area (Å²) in [6.45, 7) is -0.779. The molecule has 0 spiro atoms. The van der Waals surface area contributed by atoms with Crippen LogP contribution in [0.2, 0.25) is 1.41 Å². The first-order chi connectivity index (χ1) is 7.38. The molecule has 0 aromatic heterocycles. The fraction of sp³-hybridized carbons (Fsp3) is 0.857. The summed E-state index contributed by atoms with van der Waals surface area (Å²) in [7, 11) is 0. The van der Waals surface area contributed by atoms with Crippen LogP contribution in [0.15, 0.2) is 0 Å². The van der Waals surface area contributed by atoms with Gasteiger partial charge in [-0.15, -0.1) is 0 Å². The van der Waals surface area contributed by atoms with E-state index < -0.39 is 42.7 Å². The van der Waals surface area contributed by atoms with E-state index in [1.165, 1.54) is 5.73 Å². The van der Waals surface area contributed by atoms with Crippen LogP contribution in [-0.2, 0) is 9.53 Å². The molecule has 1 fully saturated rings. The van der Waals surface area contributed by atoms with Gasteiger partial charge in [-0.1, -0.05) is 0 Å². The maximum Gasteiger partial charge on any atom is 0.280 e. The van der Waals surface area contributed by atoms with Crippen molar-refractivity contribution in [1.29, 1.82) is 0 Å². The lowest BCUT2D eigenvalue weighted by Crippen LogP contribution is -2.69. The number of aliphatic hydroxyl groups excluding tert-OH is 4. The zero-order chi connectivity index (χ0) is 12.5. The largest absolute Gasteiger partial charge is 0.394 e. The lowest BCUT2D eigenvalue weighted by Gasteiger charge is -2.43. The van der Waals surface area contributed by atoms with Crippen molar-refractivity contribution in [3.05, 3.63) is 0 Å². The highest BCUT2D eigenvalue weighted by Crippen LogP contribution is 2.27. The van der Waals surface area contributed by atoms with Gasteiger partial charge in [0.2, 0.25) is 0 Å². The first kappa shape index (κ1) is 10.7. The number of hydrogen-bond donors (Lipinski definition) is 6. The summed E-state index contributed by atoms with van der Waals surface area (Å²) in [6.07, 6.45) is -7.11. The minimum atomic E-state index is -2.88. The first-order valence-corrected chi connectivity index (χ1v) is 4.16. The van der Waals surface area contributed by atoms with Crippen LogP contribution in [0.4, 0.5) is 0 Å². The van der Waals surface area contributed by atoms with Gasteiger partial charge < -0.3 is 36.0 Å². The van der Waals surface area contributed by atoms with Crippen LogP contribution in [0.1, 0.15) is 0 Å². The van der Waals surface area contributed by atoms with E-state index in [-0.39, 0.29) is 0 Å². The van der Waals surface area contributed by atoms with Crippen LogP contribution in [0.25, 0.3) is 0 Å². The van der Waals surface area contributed by atoms with Gasteiger partial charge in [0.05, 0.1) is 6.61 Å². The van der Waals surface area contributed by atoms with Gasteiger partial charge in [-0.25, -0.2) is 0 Å². The smallest absolute Gasteiger partial charge is 0.280 e. The van der Waals surface area contributed by atoms with E-state index in [2.05, 4.69) is 4.74 Å². The van der Waals surface area contributed by atoms with E-state index in [9.17, 15) is 25.2 Å². The van der Waals surface area contributed by atoms with Gasteiger partial charge in [0.1, 0.15) is 24.4 Å². The molecule has 1 amide bonds. The molecule has 8 heteroatoms. The summed E-state index contributed by atoms with van der Waals surface area (Å²) in [5.41, 5.74) is 1.29. The number of carbonyl (C=O) groups excluding carboxylic acids is 1. The minimum absolute atomic E-state index is 0.779. The van der Waals surface area contributed by atoms with Crippen molar-refractivity contribution in [3.63, 3.8) is 0 Å². The third-order valence-corrected chi connectivity index (χ3v) is 2.29. The number of aliphatic hydroxyl groups is 5. The number of carbonyl (C=O) groups is 1. The quantitative estimate of drug-likeness (QED) is 0.277. The van der Waals surface area contributed by atoms with E-state index in [0.717, 1.165) is 0 Å². The van der Waals surface area contributed by atoms with Gasteiger partial charge in [-0.2, -0.15) is 0 Å². The van der Waals surface area contributed by atoms with Gasteiger partial charge >= 0.3 is 0 Å². The van der Waals surface area contributed by atoms with Crippen molar-refractivity contribution >= 4 is 5.91 Å². The number of nitrogens with two attached hydrogens (primary N) is 1. The van der Waals surface area contributed by atoms with Crippen molar-refractivity contribution in [2.45, 2.75) is 30.2 Å². The molecule has 5 atom stereocenters. The van der Waals surface area contributed by atoms with Crippen LogP contribution in [0.3, 0.4) is 0 Å². The van der Waals surface area contributed by atoms with Gasteiger partial charge in [0.15, 0.2) is 1.41 Å². The van der Waals surface area contributed by atoms with Crippen LogP contribution in [0.5, 0.6) is 0 Å². The SMILES string of the molecule is [2H]NC(=O)C1(O)O[C@H](CO)[C@@H](O)[C@H](O)[C@@H]1O. The summed E-state index contributed by atoms with van der Waals surface area (Å²) in [4.78, 5) is 11.1. The summed E-state index contributed by atoms with van der Waals surface area (Å²) in [6, 6.07) is 0. The molecule has 15 heavy (non-hydrogen) atoms. The van der Waals surface area contributed by atoms with E-state index in [4.69, 9.17) is 6.52 Å². The van der Waals surface area contributed by atoms with Crippen molar-refractivity contribution in [3.8, 4) is 0 Å². The van der Waals surface area contributed by atoms with Crippen molar-refractivity contribution in [1.82, 2.24) is 0 Å². The molecule has 88 valence electrons. The van der Waals surface area contributed by atoms with Gasteiger partial charge in [-0.3, -0.25) is 4.79 Å². The normalized spacial score (nSPS) is 47.1. The molecule has 0 aromatic rings. The highest BCUT2D eigenvalue weighted by Gasteiger charge is 2.56. The molecule has 0 radical (unpaired) electrons. The average molecular weight is 224 g/mol. The molecular formula is C7H13NO7. The van der Waals surface area contributed by atoms with Crippen molar-refractivity contribution in [2.75, 3.05) is 6.61 Å². The lowest BCUT2D eigenvalue weighted by atomic mass is 9.92. The zero-order valence-electron chi connectivity index (χ0n) is 8.57. The van der Waals surface area contributed by atoms with E-state index in [1.54, 1.807) is 0 Å². The van der Waals surface area contributed by atoms with Gasteiger partial charge in [-0.05, 0) is 0 Å². The second-order valence-corrected chi connectivity index (χ2v) is 3.29. The number of amides is 1. The first-order valence-electron chi connectivity index (χ1n) is 4.66. The second-order valence-electron chi connectivity index (χ2n) is 3.29. The Morgan fingerprint density at radius 2 is 2.07 bits per heavy atom. The Bertz CT molecular complexity index is 275. The Hall–Kier alpha value is -0.770. The summed E-state index contributed by atoms with van der Waals surface area (Å²) in [5.74, 6) is -4.29. The molecule has 0 saturated carbocycles. The Morgan fingerprint density at radius 1 is 1.47 bits per heavy atom. The average Bonchev–Trinajstić information content (AvgIpc) is 2.30. The predicted octanol–water partition coefficient (Wildman–Crippen LogP) is -4.37. The molecule has 0 aliphatic carbocycles. The fourth-order valence-electron chi connectivity index (χ4n) is 1.34. The van der Waals surface area contributed by atoms with Crippen LogP contribution < -0.4 is 5.73 Å². The van der Waals surface area contributed by atoms with E-state index in [1.807, 2.05) is 0 Å². The second kappa shape index (κ2) is 4.00. The number of primary amides is 1. The van der Waals surface area contributed by atoms with Gasteiger partial charge in [0, 0.05) is 0 Å². The zero-order valence-corrected chi connectivity index (χ0v) is 7.57. The maximum atomic E-state index is 11.1. The highest BCUT2D eigenvalue weighted by molar-refractivity contribution is 5.82. The predicted molar refractivity (Wildman–Crippen MR) is 44.1 cm³/mol. The minimum Gasteiger partial charge on any atom is -0.394 e. The Kier molecular flexibility index (Phi) is 2.87. The molecule has 1 aliphatic heterocycles. The van der Waals surface area contributed by atoms with E-state index >= 15 is 0 Å².